The van der Waals surface area contributed by atoms with Gasteiger partial charge in [-0.25, -0.2) is 4.79 Å². The largest absolute Gasteiger partial charge is 0.507 e. The standard InChI is InChI=1S/C22H20ClNO4/c1-28-22(27)20-16(21(23)19(26)13-18(20)25)10-9-15-8-5-11-24-17(15)12-14-6-3-2-4-7-14/h2-8,11,13,25-26H,9-10,12H2,1H3. The summed E-state index contributed by atoms with van der Waals surface area (Å²) < 4.78 is 4.76. The lowest BCUT2D eigenvalue weighted by atomic mass is 9.96. The van der Waals surface area contributed by atoms with Gasteiger partial charge in [0.1, 0.15) is 17.1 Å². The van der Waals surface area contributed by atoms with E-state index in [4.69, 9.17) is 16.3 Å². The zero-order valence-corrected chi connectivity index (χ0v) is 16.1. The monoisotopic (exact) mass is 397 g/mol. The number of aromatic hydroxyl groups is 2. The highest BCUT2D eigenvalue weighted by atomic mass is 35.5. The predicted molar refractivity (Wildman–Crippen MR) is 107 cm³/mol. The van der Waals surface area contributed by atoms with Crippen LogP contribution in [0, 0.1) is 0 Å². The third-order valence-electron chi connectivity index (χ3n) is 4.55. The number of nitrogens with zero attached hydrogens (tertiary/aromatic N) is 1. The number of ether oxygens (including phenoxy) is 1. The molecule has 0 saturated heterocycles. The van der Waals surface area contributed by atoms with Gasteiger partial charge in [-0.15, -0.1) is 0 Å². The molecule has 0 aliphatic carbocycles. The zero-order valence-electron chi connectivity index (χ0n) is 15.4. The molecule has 3 aromatic rings. The van der Waals surface area contributed by atoms with E-state index in [0.29, 0.717) is 24.8 Å². The van der Waals surface area contributed by atoms with Gasteiger partial charge in [0.2, 0.25) is 0 Å². The number of rotatable bonds is 6. The third kappa shape index (κ3) is 4.26. The Morgan fingerprint density at radius 3 is 2.54 bits per heavy atom. The van der Waals surface area contributed by atoms with E-state index in [1.165, 1.54) is 7.11 Å². The molecule has 0 spiro atoms. The van der Waals surface area contributed by atoms with Crippen LogP contribution >= 0.6 is 11.6 Å². The van der Waals surface area contributed by atoms with Crippen molar-refractivity contribution in [1.82, 2.24) is 4.98 Å². The number of phenols is 2. The lowest BCUT2D eigenvalue weighted by Crippen LogP contribution is -2.09. The minimum atomic E-state index is -0.704. The SMILES string of the molecule is COC(=O)c1c(O)cc(O)c(Cl)c1CCc1cccnc1Cc1ccccc1. The number of halogens is 1. The molecule has 2 aromatic carbocycles. The molecule has 6 heteroatoms. The fourth-order valence-electron chi connectivity index (χ4n) is 3.16. The summed E-state index contributed by atoms with van der Waals surface area (Å²) in [6, 6.07) is 14.9. The second kappa shape index (κ2) is 8.76. The van der Waals surface area contributed by atoms with Crippen molar-refractivity contribution in [3.63, 3.8) is 0 Å². The average Bonchev–Trinajstić information content (AvgIpc) is 2.70. The van der Waals surface area contributed by atoms with E-state index in [-0.39, 0.29) is 22.1 Å². The van der Waals surface area contributed by atoms with Crippen LogP contribution < -0.4 is 0 Å². The number of esters is 1. The number of phenolic OH excluding ortho intramolecular Hbond substituents is 2. The van der Waals surface area contributed by atoms with Crippen molar-refractivity contribution in [2.45, 2.75) is 19.3 Å². The van der Waals surface area contributed by atoms with Gasteiger partial charge in [-0.3, -0.25) is 4.98 Å². The smallest absolute Gasteiger partial charge is 0.341 e. The summed E-state index contributed by atoms with van der Waals surface area (Å²) in [4.78, 5) is 16.6. The van der Waals surface area contributed by atoms with Gasteiger partial charge in [0.15, 0.2) is 0 Å². The predicted octanol–water partition coefficient (Wildman–Crippen LogP) is 4.31. The Hall–Kier alpha value is -3.05. The highest BCUT2D eigenvalue weighted by molar-refractivity contribution is 6.33. The Morgan fingerprint density at radius 1 is 1.07 bits per heavy atom. The zero-order chi connectivity index (χ0) is 20.1. The summed E-state index contributed by atoms with van der Waals surface area (Å²) in [7, 11) is 1.23. The number of benzene rings is 2. The molecule has 144 valence electrons. The third-order valence-corrected chi connectivity index (χ3v) is 4.98. The first kappa shape index (κ1) is 19.7. The molecule has 0 aliphatic rings. The van der Waals surface area contributed by atoms with Crippen LogP contribution in [0.4, 0.5) is 0 Å². The fraction of sp³-hybridized carbons (Fsp3) is 0.182. The average molecular weight is 398 g/mol. The van der Waals surface area contributed by atoms with Gasteiger partial charge >= 0.3 is 5.97 Å². The number of carbonyl (C=O) groups is 1. The molecule has 0 saturated carbocycles. The summed E-state index contributed by atoms with van der Waals surface area (Å²) in [6.07, 6.45) is 3.29. The highest BCUT2D eigenvalue weighted by Gasteiger charge is 2.23. The van der Waals surface area contributed by atoms with Crippen molar-refractivity contribution in [1.29, 1.82) is 0 Å². The summed E-state index contributed by atoms with van der Waals surface area (Å²) in [6.45, 7) is 0. The molecule has 0 atom stereocenters. The molecule has 0 fully saturated rings. The molecular formula is C22H20ClNO4. The van der Waals surface area contributed by atoms with Gasteiger partial charge in [0.25, 0.3) is 0 Å². The number of aromatic nitrogens is 1. The first-order valence-corrected chi connectivity index (χ1v) is 9.17. The maximum atomic E-state index is 12.1. The second-order valence-electron chi connectivity index (χ2n) is 6.35. The number of methoxy groups -OCH3 is 1. The molecule has 1 aromatic heterocycles. The lowest BCUT2D eigenvalue weighted by molar-refractivity contribution is 0.0596. The quantitative estimate of drug-likeness (QED) is 0.606. The molecular weight excluding hydrogens is 378 g/mol. The van der Waals surface area contributed by atoms with Crippen LogP contribution in [0.1, 0.15) is 32.7 Å². The van der Waals surface area contributed by atoms with Crippen LogP contribution in [0.15, 0.2) is 54.7 Å². The summed E-state index contributed by atoms with van der Waals surface area (Å²) in [5, 5.41) is 20.1. The molecule has 0 bridgehead atoms. The Labute approximate surface area is 168 Å². The minimum absolute atomic E-state index is 0.0289. The second-order valence-corrected chi connectivity index (χ2v) is 6.72. The Kier molecular flexibility index (Phi) is 6.16. The fourth-order valence-corrected chi connectivity index (χ4v) is 3.40. The van der Waals surface area contributed by atoms with Crippen LogP contribution in [-0.2, 0) is 24.0 Å². The van der Waals surface area contributed by atoms with Crippen LogP contribution in [0.5, 0.6) is 11.5 Å². The van der Waals surface area contributed by atoms with Gasteiger partial charge in [-0.1, -0.05) is 48.0 Å². The molecule has 28 heavy (non-hydrogen) atoms. The van der Waals surface area contributed by atoms with E-state index in [2.05, 4.69) is 4.98 Å². The van der Waals surface area contributed by atoms with Gasteiger partial charge in [-0.05, 0) is 35.6 Å². The van der Waals surface area contributed by atoms with Crippen molar-refractivity contribution < 1.29 is 19.7 Å². The summed E-state index contributed by atoms with van der Waals surface area (Å²) in [5.41, 5.74) is 3.39. The Morgan fingerprint density at radius 2 is 1.82 bits per heavy atom. The van der Waals surface area contributed by atoms with Gasteiger partial charge in [0.05, 0.1) is 12.1 Å². The van der Waals surface area contributed by atoms with Gasteiger partial charge < -0.3 is 14.9 Å². The number of aryl methyl sites for hydroxylation is 1. The van der Waals surface area contributed by atoms with Crippen molar-refractivity contribution in [3.05, 3.63) is 87.7 Å². The molecule has 5 nitrogen and oxygen atoms in total. The number of hydrogen-bond acceptors (Lipinski definition) is 5. The van der Waals surface area contributed by atoms with Gasteiger partial charge in [-0.2, -0.15) is 0 Å². The van der Waals surface area contributed by atoms with Crippen LogP contribution in [0.3, 0.4) is 0 Å². The Balaban J connectivity index is 1.90. The molecule has 3 rings (SSSR count). The number of hydrogen-bond donors (Lipinski definition) is 2. The molecule has 0 amide bonds. The van der Waals surface area contributed by atoms with E-state index >= 15 is 0 Å². The highest BCUT2D eigenvalue weighted by Crippen LogP contribution is 2.37. The Bertz CT molecular complexity index is 989. The van der Waals surface area contributed by atoms with E-state index < -0.39 is 5.97 Å². The molecule has 0 aliphatic heterocycles. The van der Waals surface area contributed by atoms with Crippen LogP contribution in [0.25, 0.3) is 0 Å². The van der Waals surface area contributed by atoms with E-state index in [1.807, 2.05) is 42.5 Å². The van der Waals surface area contributed by atoms with Crippen molar-refractivity contribution >= 4 is 17.6 Å². The van der Waals surface area contributed by atoms with Crippen LogP contribution in [-0.4, -0.2) is 28.3 Å². The molecule has 2 N–H and O–H groups in total. The van der Waals surface area contributed by atoms with Crippen LogP contribution in [0.2, 0.25) is 5.02 Å². The van der Waals surface area contributed by atoms with Crippen molar-refractivity contribution in [2.75, 3.05) is 7.11 Å². The summed E-state index contributed by atoms with van der Waals surface area (Å²) >= 11 is 6.22. The normalized spacial score (nSPS) is 10.6. The molecule has 1 heterocycles. The maximum absolute atomic E-state index is 12.1. The van der Waals surface area contributed by atoms with E-state index in [0.717, 1.165) is 22.9 Å². The number of pyridine rings is 1. The summed E-state index contributed by atoms with van der Waals surface area (Å²) in [5.74, 6) is -1.35. The topological polar surface area (TPSA) is 79.7 Å². The lowest BCUT2D eigenvalue weighted by Gasteiger charge is -2.14. The number of carbonyl (C=O) groups excluding carboxylic acids is 1. The van der Waals surface area contributed by atoms with E-state index in [1.54, 1.807) is 6.20 Å². The molecule has 0 radical (unpaired) electrons. The van der Waals surface area contributed by atoms with Crippen molar-refractivity contribution in [2.24, 2.45) is 0 Å². The first-order chi connectivity index (χ1) is 13.5. The molecule has 0 unspecified atom stereocenters. The first-order valence-electron chi connectivity index (χ1n) is 8.79. The minimum Gasteiger partial charge on any atom is -0.507 e. The van der Waals surface area contributed by atoms with Gasteiger partial charge in [0, 0.05) is 24.4 Å². The van der Waals surface area contributed by atoms with E-state index in [9.17, 15) is 15.0 Å². The maximum Gasteiger partial charge on any atom is 0.341 e. The van der Waals surface area contributed by atoms with Crippen molar-refractivity contribution in [3.8, 4) is 11.5 Å².